The second-order valence-electron chi connectivity index (χ2n) is 4.33. The summed E-state index contributed by atoms with van der Waals surface area (Å²) in [6.45, 7) is 4.27. The van der Waals surface area contributed by atoms with Crippen LogP contribution in [-0.4, -0.2) is 20.6 Å². The molecule has 0 atom stereocenters. The first-order valence-corrected chi connectivity index (χ1v) is 5.91. The van der Waals surface area contributed by atoms with Gasteiger partial charge in [0, 0.05) is 11.9 Å². The Morgan fingerprint density at radius 2 is 2.32 bits per heavy atom. The highest BCUT2D eigenvalue weighted by atomic mass is 15.5. The lowest BCUT2D eigenvalue weighted by Gasteiger charge is -2.07. The molecule has 0 saturated heterocycles. The summed E-state index contributed by atoms with van der Waals surface area (Å²) in [5, 5.41) is 25.4. The van der Waals surface area contributed by atoms with Gasteiger partial charge in [-0.3, -0.25) is 0 Å². The fourth-order valence-corrected chi connectivity index (χ4v) is 1.57. The number of aromatic nitrogens is 4. The van der Waals surface area contributed by atoms with Gasteiger partial charge in [0.05, 0.1) is 0 Å². The molecular weight excluding hydrogens is 240 g/mol. The standard InChI is InChI=1S/C13H14N6/c1-9(2)10-4-3-5-12(6-10)15-8-11(7-14)13-16-18-19-17-13/h3-6,8-9,15H,1-2H3,(H,16,17,18,19). The molecule has 0 aliphatic heterocycles. The first-order chi connectivity index (χ1) is 9.20. The lowest BCUT2D eigenvalue weighted by Crippen LogP contribution is -1.94. The maximum Gasteiger partial charge on any atom is 0.216 e. The molecule has 0 aliphatic carbocycles. The second-order valence-corrected chi connectivity index (χ2v) is 4.33. The lowest BCUT2D eigenvalue weighted by atomic mass is 10.0. The van der Waals surface area contributed by atoms with Crippen molar-refractivity contribution in [1.29, 1.82) is 5.26 Å². The summed E-state index contributed by atoms with van der Waals surface area (Å²) in [6.07, 6.45) is 1.57. The zero-order valence-corrected chi connectivity index (χ0v) is 10.8. The quantitative estimate of drug-likeness (QED) is 0.817. The fourth-order valence-electron chi connectivity index (χ4n) is 1.57. The summed E-state index contributed by atoms with van der Waals surface area (Å²) in [4.78, 5) is 0. The zero-order valence-electron chi connectivity index (χ0n) is 10.8. The molecule has 2 N–H and O–H groups in total. The topological polar surface area (TPSA) is 90.3 Å². The Morgan fingerprint density at radius 1 is 1.47 bits per heavy atom. The Morgan fingerprint density at radius 3 is 2.95 bits per heavy atom. The molecular formula is C13H14N6. The smallest absolute Gasteiger partial charge is 0.216 e. The van der Waals surface area contributed by atoms with E-state index in [1.165, 1.54) is 5.56 Å². The highest BCUT2D eigenvalue weighted by molar-refractivity contribution is 5.74. The molecule has 0 saturated carbocycles. The van der Waals surface area contributed by atoms with E-state index < -0.39 is 0 Å². The van der Waals surface area contributed by atoms with Crippen molar-refractivity contribution in [3.05, 3.63) is 41.9 Å². The van der Waals surface area contributed by atoms with Crippen molar-refractivity contribution in [3.63, 3.8) is 0 Å². The van der Waals surface area contributed by atoms with Gasteiger partial charge in [0.15, 0.2) is 0 Å². The number of rotatable bonds is 4. The molecule has 1 aromatic carbocycles. The molecule has 0 unspecified atom stereocenters. The Bertz CT molecular complexity index is 606. The molecule has 96 valence electrons. The predicted octanol–water partition coefficient (Wildman–Crippen LogP) is 2.30. The summed E-state index contributed by atoms with van der Waals surface area (Å²) >= 11 is 0. The Balaban J connectivity index is 2.17. The van der Waals surface area contributed by atoms with Crippen LogP contribution in [0.5, 0.6) is 0 Å². The van der Waals surface area contributed by atoms with Crippen LogP contribution < -0.4 is 5.32 Å². The van der Waals surface area contributed by atoms with Gasteiger partial charge in [-0.25, -0.2) is 0 Å². The molecule has 2 aromatic rings. The number of nitrogens with zero attached hydrogens (tertiary/aromatic N) is 4. The van der Waals surface area contributed by atoms with Crippen LogP contribution in [0, 0.1) is 11.3 Å². The molecule has 2 rings (SSSR count). The first-order valence-electron chi connectivity index (χ1n) is 5.91. The SMILES string of the molecule is CC(C)c1cccc(NC=C(C#N)c2nn[nH]n2)c1. The van der Waals surface area contributed by atoms with Crippen LogP contribution >= 0.6 is 0 Å². The monoisotopic (exact) mass is 254 g/mol. The zero-order chi connectivity index (χ0) is 13.7. The molecule has 0 aliphatic rings. The predicted molar refractivity (Wildman–Crippen MR) is 71.9 cm³/mol. The molecule has 19 heavy (non-hydrogen) atoms. The van der Waals surface area contributed by atoms with Crippen molar-refractivity contribution in [2.45, 2.75) is 19.8 Å². The lowest BCUT2D eigenvalue weighted by molar-refractivity contribution is 0.867. The number of H-pyrrole nitrogens is 1. The van der Waals surface area contributed by atoms with Gasteiger partial charge >= 0.3 is 0 Å². The van der Waals surface area contributed by atoms with Crippen molar-refractivity contribution in [2.24, 2.45) is 0 Å². The van der Waals surface area contributed by atoms with Crippen LogP contribution in [0.4, 0.5) is 5.69 Å². The summed E-state index contributed by atoms with van der Waals surface area (Å²) < 4.78 is 0. The van der Waals surface area contributed by atoms with E-state index in [1.807, 2.05) is 24.3 Å². The number of nitriles is 1. The third-order valence-corrected chi connectivity index (χ3v) is 2.64. The molecule has 0 radical (unpaired) electrons. The minimum Gasteiger partial charge on any atom is -0.360 e. The highest BCUT2D eigenvalue weighted by Crippen LogP contribution is 2.19. The van der Waals surface area contributed by atoms with Gasteiger partial charge in [-0.05, 0) is 28.8 Å². The number of tetrazole rings is 1. The fraction of sp³-hybridized carbons (Fsp3) is 0.231. The Hall–Kier alpha value is -2.68. The van der Waals surface area contributed by atoms with Crippen molar-refractivity contribution < 1.29 is 0 Å². The van der Waals surface area contributed by atoms with Gasteiger partial charge in [-0.2, -0.15) is 10.5 Å². The number of allylic oxidation sites excluding steroid dienone is 1. The summed E-state index contributed by atoms with van der Waals surface area (Å²) in [5.74, 6) is 0.730. The second kappa shape index (κ2) is 5.78. The van der Waals surface area contributed by atoms with Crippen LogP contribution in [0.25, 0.3) is 5.57 Å². The minimum absolute atomic E-state index is 0.273. The van der Waals surface area contributed by atoms with E-state index in [0.717, 1.165) is 5.69 Å². The molecule has 0 fully saturated rings. The van der Waals surface area contributed by atoms with Gasteiger partial charge in [-0.15, -0.1) is 10.2 Å². The molecule has 6 heteroatoms. The maximum atomic E-state index is 9.04. The van der Waals surface area contributed by atoms with Gasteiger partial charge in [0.2, 0.25) is 5.82 Å². The number of aromatic amines is 1. The van der Waals surface area contributed by atoms with E-state index in [-0.39, 0.29) is 5.82 Å². The molecule has 1 aromatic heterocycles. The van der Waals surface area contributed by atoms with Gasteiger partial charge < -0.3 is 5.32 Å². The highest BCUT2D eigenvalue weighted by Gasteiger charge is 2.05. The average molecular weight is 254 g/mol. The molecule has 1 heterocycles. The van der Waals surface area contributed by atoms with Gasteiger partial charge in [0.25, 0.3) is 0 Å². The summed E-state index contributed by atoms with van der Waals surface area (Å²) in [5.41, 5.74) is 2.47. The van der Waals surface area contributed by atoms with E-state index >= 15 is 0 Å². The van der Waals surface area contributed by atoms with E-state index in [1.54, 1.807) is 6.20 Å². The van der Waals surface area contributed by atoms with Crippen molar-refractivity contribution >= 4 is 11.3 Å². The van der Waals surface area contributed by atoms with Crippen LogP contribution in [0.1, 0.15) is 31.2 Å². The van der Waals surface area contributed by atoms with Crippen LogP contribution in [0.3, 0.4) is 0 Å². The average Bonchev–Trinajstić information content (AvgIpc) is 2.94. The minimum atomic E-state index is 0.273. The number of nitrogens with one attached hydrogen (secondary N) is 2. The van der Waals surface area contributed by atoms with E-state index in [0.29, 0.717) is 11.5 Å². The van der Waals surface area contributed by atoms with E-state index in [4.69, 9.17) is 5.26 Å². The molecule has 0 spiro atoms. The van der Waals surface area contributed by atoms with Crippen LogP contribution in [-0.2, 0) is 0 Å². The molecule has 0 amide bonds. The number of benzene rings is 1. The Kier molecular flexibility index (Phi) is 3.88. The number of anilines is 1. The van der Waals surface area contributed by atoms with Crippen molar-refractivity contribution in [3.8, 4) is 6.07 Å². The van der Waals surface area contributed by atoms with Crippen LogP contribution in [0.2, 0.25) is 0 Å². The first kappa shape index (κ1) is 12.8. The van der Waals surface area contributed by atoms with E-state index in [9.17, 15) is 0 Å². The number of hydrogen-bond acceptors (Lipinski definition) is 5. The Labute approximate surface area is 111 Å². The molecule has 6 nitrogen and oxygen atoms in total. The third-order valence-electron chi connectivity index (χ3n) is 2.64. The van der Waals surface area contributed by atoms with Crippen LogP contribution in [0.15, 0.2) is 30.5 Å². The largest absolute Gasteiger partial charge is 0.360 e. The summed E-state index contributed by atoms with van der Waals surface area (Å²) in [7, 11) is 0. The molecule has 0 bridgehead atoms. The normalized spacial score (nSPS) is 11.4. The summed E-state index contributed by atoms with van der Waals surface area (Å²) in [6, 6.07) is 10.1. The van der Waals surface area contributed by atoms with Crippen molar-refractivity contribution in [2.75, 3.05) is 5.32 Å². The maximum absolute atomic E-state index is 9.04. The van der Waals surface area contributed by atoms with Crippen molar-refractivity contribution in [1.82, 2.24) is 20.6 Å². The van der Waals surface area contributed by atoms with E-state index in [2.05, 4.69) is 45.9 Å². The van der Waals surface area contributed by atoms with Gasteiger partial charge in [-0.1, -0.05) is 26.0 Å². The van der Waals surface area contributed by atoms with Gasteiger partial charge in [0.1, 0.15) is 11.6 Å². The third kappa shape index (κ3) is 3.16. The number of hydrogen-bond donors (Lipinski definition) is 2.